The summed E-state index contributed by atoms with van der Waals surface area (Å²) in [7, 11) is 0. The zero-order chi connectivity index (χ0) is 11.5. The Labute approximate surface area is 116 Å². The Morgan fingerprint density at radius 1 is 1.38 bits per heavy atom. The van der Waals surface area contributed by atoms with Gasteiger partial charge in [0.15, 0.2) is 0 Å². The van der Waals surface area contributed by atoms with Crippen LogP contribution in [0, 0.1) is 9.49 Å². The van der Waals surface area contributed by atoms with Crippen LogP contribution in [0.25, 0.3) is 0 Å². The van der Waals surface area contributed by atoms with E-state index in [0.29, 0.717) is 0 Å². The van der Waals surface area contributed by atoms with E-state index in [2.05, 4.69) is 47.7 Å². The Kier molecular flexibility index (Phi) is 4.41. The molecule has 0 bridgehead atoms. The molecule has 1 fully saturated rings. The van der Waals surface area contributed by atoms with Gasteiger partial charge in [0, 0.05) is 19.4 Å². The van der Waals surface area contributed by atoms with Gasteiger partial charge < -0.3 is 5.73 Å². The lowest BCUT2D eigenvalue weighted by atomic mass is 9.91. The Morgan fingerprint density at radius 3 is 2.88 bits per heavy atom. The number of hydrogen-bond donors (Lipinski definition) is 1. The second kappa shape index (κ2) is 5.63. The first-order valence-electron chi connectivity index (χ1n) is 5.87. The summed E-state index contributed by atoms with van der Waals surface area (Å²) >= 11 is 4.28. The molecule has 16 heavy (non-hydrogen) atoms. The molecule has 1 aromatic carbocycles. The lowest BCUT2D eigenvalue weighted by Crippen LogP contribution is -2.15. The average Bonchev–Trinajstić information content (AvgIpc) is 2.22. The van der Waals surface area contributed by atoms with Crippen LogP contribution < -0.4 is 5.73 Å². The number of thioether (sulfide) groups is 1. The van der Waals surface area contributed by atoms with Crippen LogP contribution in [-0.2, 0) is 0 Å². The van der Waals surface area contributed by atoms with E-state index in [1.807, 2.05) is 11.8 Å². The van der Waals surface area contributed by atoms with Crippen LogP contribution in [0.2, 0.25) is 0 Å². The third-order valence-corrected chi connectivity index (χ3v) is 5.21. The highest BCUT2D eigenvalue weighted by Gasteiger charge is 2.20. The summed E-state index contributed by atoms with van der Waals surface area (Å²) in [6.07, 6.45) is 5.47. The summed E-state index contributed by atoms with van der Waals surface area (Å²) < 4.78 is 1.22. The molecular weight excluding hydrogens is 329 g/mol. The zero-order valence-electron chi connectivity index (χ0n) is 9.58. The Bertz CT molecular complexity index is 367. The van der Waals surface area contributed by atoms with Gasteiger partial charge in [-0.2, -0.15) is 0 Å². The molecule has 0 spiro atoms. The summed E-state index contributed by atoms with van der Waals surface area (Å²) in [5.74, 6) is 0.885. The van der Waals surface area contributed by atoms with Crippen molar-refractivity contribution in [1.82, 2.24) is 0 Å². The number of nitrogens with two attached hydrogens (primary N) is 1. The molecule has 0 aromatic heterocycles. The lowest BCUT2D eigenvalue weighted by molar-refractivity contribution is 0.394. The molecule has 2 rings (SSSR count). The topological polar surface area (TPSA) is 26.0 Å². The number of hydrogen-bond acceptors (Lipinski definition) is 2. The maximum absolute atomic E-state index is 6.05. The lowest BCUT2D eigenvalue weighted by Gasteiger charge is -2.26. The fourth-order valence-electron chi connectivity index (χ4n) is 2.29. The van der Waals surface area contributed by atoms with E-state index in [-0.39, 0.29) is 0 Å². The largest absolute Gasteiger partial charge is 0.398 e. The monoisotopic (exact) mass is 347 g/mol. The number of anilines is 1. The van der Waals surface area contributed by atoms with Crippen LogP contribution in [-0.4, -0.2) is 5.25 Å². The van der Waals surface area contributed by atoms with Crippen molar-refractivity contribution >= 4 is 40.0 Å². The van der Waals surface area contributed by atoms with Crippen molar-refractivity contribution in [3.05, 3.63) is 21.8 Å². The molecule has 2 unspecified atom stereocenters. The molecule has 0 heterocycles. The molecule has 1 aromatic rings. The van der Waals surface area contributed by atoms with Crippen molar-refractivity contribution in [2.24, 2.45) is 5.92 Å². The molecule has 1 saturated carbocycles. The van der Waals surface area contributed by atoms with Crippen LogP contribution in [0.15, 0.2) is 23.1 Å². The Balaban J connectivity index is 2.02. The molecule has 2 N–H and O–H groups in total. The molecule has 0 amide bonds. The van der Waals surface area contributed by atoms with Gasteiger partial charge in [0.25, 0.3) is 0 Å². The third kappa shape index (κ3) is 3.29. The molecule has 1 aliphatic rings. The van der Waals surface area contributed by atoms with Crippen LogP contribution >= 0.6 is 34.4 Å². The SMILES string of the molecule is CC1CCCC(Sc2ccc(I)cc2N)C1. The van der Waals surface area contributed by atoms with E-state index in [1.54, 1.807) is 0 Å². The normalized spacial score (nSPS) is 25.6. The zero-order valence-corrected chi connectivity index (χ0v) is 12.6. The first-order valence-corrected chi connectivity index (χ1v) is 7.82. The summed E-state index contributed by atoms with van der Waals surface area (Å²) in [6, 6.07) is 6.38. The number of nitrogen functional groups attached to an aromatic ring is 1. The van der Waals surface area contributed by atoms with Crippen molar-refractivity contribution in [3.63, 3.8) is 0 Å². The fourth-order valence-corrected chi connectivity index (χ4v) is 4.22. The molecule has 3 heteroatoms. The minimum absolute atomic E-state index is 0.770. The highest BCUT2D eigenvalue weighted by molar-refractivity contribution is 14.1. The van der Waals surface area contributed by atoms with Gasteiger partial charge in [0.2, 0.25) is 0 Å². The van der Waals surface area contributed by atoms with Crippen LogP contribution in [0.3, 0.4) is 0 Å². The maximum Gasteiger partial charge on any atom is 0.0462 e. The molecule has 1 aliphatic carbocycles. The molecule has 0 saturated heterocycles. The Hall–Kier alpha value is 0.1000. The summed E-state index contributed by atoms with van der Waals surface area (Å²) in [5.41, 5.74) is 6.99. The summed E-state index contributed by atoms with van der Waals surface area (Å²) in [4.78, 5) is 1.26. The first-order chi connectivity index (χ1) is 7.65. The second-order valence-electron chi connectivity index (χ2n) is 4.69. The minimum Gasteiger partial charge on any atom is -0.398 e. The molecule has 0 radical (unpaired) electrons. The minimum atomic E-state index is 0.770. The number of halogens is 1. The predicted octanol–water partition coefficient (Wildman–Crippen LogP) is 4.54. The maximum atomic E-state index is 6.05. The smallest absolute Gasteiger partial charge is 0.0462 e. The van der Waals surface area contributed by atoms with E-state index < -0.39 is 0 Å². The van der Waals surface area contributed by atoms with Crippen molar-refractivity contribution < 1.29 is 0 Å². The third-order valence-electron chi connectivity index (χ3n) is 3.15. The van der Waals surface area contributed by atoms with Crippen molar-refractivity contribution in [2.75, 3.05) is 5.73 Å². The molecule has 2 atom stereocenters. The number of rotatable bonds is 2. The van der Waals surface area contributed by atoms with Gasteiger partial charge in [-0.15, -0.1) is 11.8 Å². The van der Waals surface area contributed by atoms with Crippen molar-refractivity contribution in [1.29, 1.82) is 0 Å². The quantitative estimate of drug-likeness (QED) is 0.628. The Morgan fingerprint density at radius 2 is 2.19 bits per heavy atom. The average molecular weight is 347 g/mol. The number of benzene rings is 1. The van der Waals surface area contributed by atoms with E-state index in [4.69, 9.17) is 5.73 Å². The van der Waals surface area contributed by atoms with E-state index in [0.717, 1.165) is 16.9 Å². The van der Waals surface area contributed by atoms with E-state index >= 15 is 0 Å². The van der Waals surface area contributed by atoms with Gasteiger partial charge in [-0.3, -0.25) is 0 Å². The standard InChI is InChI=1S/C13H18INS/c1-9-3-2-4-11(7-9)16-13-6-5-10(14)8-12(13)15/h5-6,8-9,11H,2-4,7,15H2,1H3. The van der Waals surface area contributed by atoms with Crippen molar-refractivity contribution in [2.45, 2.75) is 42.8 Å². The van der Waals surface area contributed by atoms with Gasteiger partial charge in [0.05, 0.1) is 0 Å². The molecule has 0 aliphatic heterocycles. The van der Waals surface area contributed by atoms with Crippen molar-refractivity contribution in [3.8, 4) is 0 Å². The van der Waals surface area contributed by atoms with Gasteiger partial charge in [-0.1, -0.05) is 19.8 Å². The molecule has 1 nitrogen and oxygen atoms in total. The highest BCUT2D eigenvalue weighted by Crippen LogP contribution is 2.38. The van der Waals surface area contributed by atoms with Gasteiger partial charge in [-0.05, 0) is 59.5 Å². The van der Waals surface area contributed by atoms with E-state index in [9.17, 15) is 0 Å². The molecule has 88 valence electrons. The summed E-state index contributed by atoms with van der Waals surface area (Å²) in [5, 5.41) is 0.770. The highest BCUT2D eigenvalue weighted by atomic mass is 127. The van der Waals surface area contributed by atoms with Gasteiger partial charge in [0.1, 0.15) is 0 Å². The van der Waals surface area contributed by atoms with Crippen LogP contribution in [0.1, 0.15) is 32.6 Å². The van der Waals surface area contributed by atoms with Crippen LogP contribution in [0.4, 0.5) is 5.69 Å². The first kappa shape index (κ1) is 12.6. The summed E-state index contributed by atoms with van der Waals surface area (Å²) in [6.45, 7) is 2.37. The van der Waals surface area contributed by atoms with Gasteiger partial charge >= 0.3 is 0 Å². The van der Waals surface area contributed by atoms with Crippen LogP contribution in [0.5, 0.6) is 0 Å². The van der Waals surface area contributed by atoms with E-state index in [1.165, 1.54) is 34.1 Å². The fraction of sp³-hybridized carbons (Fsp3) is 0.538. The van der Waals surface area contributed by atoms with Gasteiger partial charge in [-0.25, -0.2) is 0 Å². The predicted molar refractivity (Wildman–Crippen MR) is 80.8 cm³/mol. The second-order valence-corrected chi connectivity index (χ2v) is 7.28. The molecular formula is C13H18INS.